The molecule has 0 atom stereocenters. The zero-order valence-electron chi connectivity index (χ0n) is 12.1. The van der Waals surface area contributed by atoms with Gasteiger partial charge in [0.05, 0.1) is 19.3 Å². The van der Waals surface area contributed by atoms with E-state index in [0.717, 1.165) is 11.3 Å². The quantitative estimate of drug-likeness (QED) is 0.746. The van der Waals surface area contributed by atoms with Crippen LogP contribution < -0.4 is 9.47 Å². The highest BCUT2D eigenvalue weighted by molar-refractivity contribution is 6.31. The Hall–Kier alpha value is -2.00. The number of benzene rings is 2. The molecule has 21 heavy (non-hydrogen) atoms. The van der Waals surface area contributed by atoms with Crippen molar-refractivity contribution in [3.63, 3.8) is 0 Å². The van der Waals surface area contributed by atoms with Crippen molar-refractivity contribution in [1.29, 1.82) is 0 Å². The van der Waals surface area contributed by atoms with E-state index >= 15 is 0 Å². The van der Waals surface area contributed by atoms with Crippen molar-refractivity contribution in [3.8, 4) is 11.5 Å². The summed E-state index contributed by atoms with van der Waals surface area (Å²) in [6.07, 6.45) is 0.268. The molecule has 0 aromatic heterocycles. The maximum Gasteiger partial charge on any atom is 0.170 e. The summed E-state index contributed by atoms with van der Waals surface area (Å²) in [7, 11) is 1.53. The van der Waals surface area contributed by atoms with Gasteiger partial charge in [-0.05, 0) is 42.8 Å². The highest BCUT2D eigenvalue weighted by Crippen LogP contribution is 2.24. The molecule has 0 amide bonds. The van der Waals surface area contributed by atoms with Gasteiger partial charge in [0.25, 0.3) is 0 Å². The minimum absolute atomic E-state index is 0.0537. The standard InChI is InChI=1S/C17H17ClO3/c1-12-4-3-5-14(10-12)21-9-8-16(19)15-11-13(18)6-7-17(15)20-2/h3-7,10-11H,8-9H2,1-2H3. The fraction of sp³-hybridized carbons (Fsp3) is 0.235. The first kappa shape index (κ1) is 15.4. The second-order valence-electron chi connectivity index (χ2n) is 4.68. The molecule has 0 heterocycles. The summed E-state index contributed by atoms with van der Waals surface area (Å²) >= 11 is 5.93. The normalized spacial score (nSPS) is 10.2. The molecule has 0 saturated carbocycles. The Balaban J connectivity index is 1.97. The van der Waals surface area contributed by atoms with Gasteiger partial charge < -0.3 is 9.47 Å². The van der Waals surface area contributed by atoms with E-state index < -0.39 is 0 Å². The molecule has 0 saturated heterocycles. The summed E-state index contributed by atoms with van der Waals surface area (Å²) in [4.78, 5) is 12.2. The zero-order valence-corrected chi connectivity index (χ0v) is 12.8. The van der Waals surface area contributed by atoms with Crippen LogP contribution in [0.2, 0.25) is 5.02 Å². The smallest absolute Gasteiger partial charge is 0.170 e. The molecule has 4 heteroatoms. The number of carbonyl (C=O) groups excluding carboxylic acids is 1. The molecular weight excluding hydrogens is 288 g/mol. The third-order valence-corrected chi connectivity index (χ3v) is 3.28. The van der Waals surface area contributed by atoms with Gasteiger partial charge in [-0.15, -0.1) is 0 Å². The van der Waals surface area contributed by atoms with Gasteiger partial charge >= 0.3 is 0 Å². The molecule has 0 aliphatic carbocycles. The van der Waals surface area contributed by atoms with E-state index in [9.17, 15) is 4.79 Å². The molecule has 0 aliphatic rings. The highest BCUT2D eigenvalue weighted by Gasteiger charge is 2.13. The van der Waals surface area contributed by atoms with Crippen molar-refractivity contribution in [2.45, 2.75) is 13.3 Å². The summed E-state index contributed by atoms with van der Waals surface area (Å²) in [5, 5.41) is 0.513. The maximum atomic E-state index is 12.2. The molecule has 0 radical (unpaired) electrons. The fourth-order valence-corrected chi connectivity index (χ4v) is 2.17. The van der Waals surface area contributed by atoms with E-state index in [1.807, 2.05) is 31.2 Å². The second-order valence-corrected chi connectivity index (χ2v) is 5.12. The number of methoxy groups -OCH3 is 1. The number of ketones is 1. The molecule has 3 nitrogen and oxygen atoms in total. The van der Waals surface area contributed by atoms with Crippen molar-refractivity contribution in [1.82, 2.24) is 0 Å². The van der Waals surface area contributed by atoms with Crippen LogP contribution in [-0.2, 0) is 0 Å². The van der Waals surface area contributed by atoms with E-state index in [-0.39, 0.29) is 12.2 Å². The van der Waals surface area contributed by atoms with Crippen LogP contribution in [0, 0.1) is 6.92 Å². The molecule has 0 unspecified atom stereocenters. The molecule has 0 fully saturated rings. The van der Waals surface area contributed by atoms with Crippen LogP contribution >= 0.6 is 11.6 Å². The lowest BCUT2D eigenvalue weighted by Crippen LogP contribution is -2.08. The summed E-state index contributed by atoms with van der Waals surface area (Å²) < 4.78 is 10.8. The van der Waals surface area contributed by atoms with Gasteiger partial charge in [-0.1, -0.05) is 23.7 Å². The van der Waals surface area contributed by atoms with E-state index in [1.54, 1.807) is 18.2 Å². The SMILES string of the molecule is COc1ccc(Cl)cc1C(=O)CCOc1cccc(C)c1. The monoisotopic (exact) mass is 304 g/mol. The van der Waals surface area contributed by atoms with Crippen molar-refractivity contribution in [2.24, 2.45) is 0 Å². The minimum atomic E-state index is -0.0537. The number of carbonyl (C=O) groups is 1. The predicted molar refractivity (Wildman–Crippen MR) is 83.6 cm³/mol. The Bertz CT molecular complexity index is 638. The van der Waals surface area contributed by atoms with Crippen LogP contribution in [-0.4, -0.2) is 19.5 Å². The van der Waals surface area contributed by atoms with Crippen LogP contribution in [0.25, 0.3) is 0 Å². The van der Waals surface area contributed by atoms with Crippen molar-refractivity contribution >= 4 is 17.4 Å². The topological polar surface area (TPSA) is 35.5 Å². The van der Waals surface area contributed by atoms with E-state index in [0.29, 0.717) is 22.9 Å². The third kappa shape index (κ3) is 4.23. The van der Waals surface area contributed by atoms with Gasteiger partial charge in [-0.3, -0.25) is 4.79 Å². The molecule has 0 bridgehead atoms. The van der Waals surface area contributed by atoms with Gasteiger partial charge in [0.15, 0.2) is 5.78 Å². The number of rotatable bonds is 6. The Kier molecular flexibility index (Phi) is 5.23. The molecule has 0 N–H and O–H groups in total. The first-order valence-corrected chi connectivity index (χ1v) is 7.04. The van der Waals surface area contributed by atoms with Crippen LogP contribution in [0.4, 0.5) is 0 Å². The lowest BCUT2D eigenvalue weighted by atomic mass is 10.1. The Morgan fingerprint density at radius 3 is 2.71 bits per heavy atom. The average molecular weight is 305 g/mol. The lowest BCUT2D eigenvalue weighted by molar-refractivity contribution is 0.0959. The lowest BCUT2D eigenvalue weighted by Gasteiger charge is -2.09. The third-order valence-electron chi connectivity index (χ3n) is 3.05. The average Bonchev–Trinajstić information content (AvgIpc) is 2.47. The van der Waals surface area contributed by atoms with E-state index in [1.165, 1.54) is 7.11 Å². The number of Topliss-reactive ketones (excluding diaryl/α,β-unsaturated/α-hetero) is 1. The van der Waals surface area contributed by atoms with Gasteiger partial charge in [-0.2, -0.15) is 0 Å². The van der Waals surface area contributed by atoms with Crippen molar-refractivity contribution in [2.75, 3.05) is 13.7 Å². The Labute approximate surface area is 129 Å². The highest BCUT2D eigenvalue weighted by atomic mass is 35.5. The van der Waals surface area contributed by atoms with Crippen molar-refractivity contribution in [3.05, 3.63) is 58.6 Å². The van der Waals surface area contributed by atoms with E-state index in [2.05, 4.69) is 0 Å². The van der Waals surface area contributed by atoms with Crippen molar-refractivity contribution < 1.29 is 14.3 Å². The first-order valence-electron chi connectivity index (χ1n) is 6.66. The summed E-state index contributed by atoms with van der Waals surface area (Å²) in [5.41, 5.74) is 1.60. The molecule has 110 valence electrons. The number of hydrogen-bond acceptors (Lipinski definition) is 3. The molecule has 0 spiro atoms. The fourth-order valence-electron chi connectivity index (χ4n) is 2.00. The second kappa shape index (κ2) is 7.14. The largest absolute Gasteiger partial charge is 0.496 e. The summed E-state index contributed by atoms with van der Waals surface area (Å²) in [5.74, 6) is 1.24. The van der Waals surface area contributed by atoms with E-state index in [4.69, 9.17) is 21.1 Å². The number of aryl methyl sites for hydroxylation is 1. The molecule has 2 aromatic rings. The van der Waals surface area contributed by atoms with Gasteiger partial charge in [0.2, 0.25) is 0 Å². The van der Waals surface area contributed by atoms with Crippen LogP contribution in [0.5, 0.6) is 11.5 Å². The maximum absolute atomic E-state index is 12.2. The zero-order chi connectivity index (χ0) is 15.2. The molecular formula is C17H17ClO3. The summed E-state index contributed by atoms with van der Waals surface area (Å²) in [6, 6.07) is 12.7. The van der Waals surface area contributed by atoms with Crippen LogP contribution in [0.3, 0.4) is 0 Å². The number of hydrogen-bond donors (Lipinski definition) is 0. The van der Waals surface area contributed by atoms with Crippen LogP contribution in [0.1, 0.15) is 22.3 Å². The minimum Gasteiger partial charge on any atom is -0.496 e. The molecule has 2 aromatic carbocycles. The Morgan fingerprint density at radius 1 is 1.19 bits per heavy atom. The first-order chi connectivity index (χ1) is 10.1. The summed E-state index contributed by atoms with van der Waals surface area (Å²) in [6.45, 7) is 2.31. The van der Waals surface area contributed by atoms with Gasteiger partial charge in [0, 0.05) is 11.4 Å². The van der Waals surface area contributed by atoms with Gasteiger partial charge in [0.1, 0.15) is 11.5 Å². The number of halogens is 1. The van der Waals surface area contributed by atoms with Gasteiger partial charge in [-0.25, -0.2) is 0 Å². The Morgan fingerprint density at radius 2 is 2.00 bits per heavy atom. The van der Waals surface area contributed by atoms with Crippen LogP contribution in [0.15, 0.2) is 42.5 Å². The molecule has 0 aliphatic heterocycles. The number of ether oxygens (including phenoxy) is 2. The predicted octanol–water partition coefficient (Wildman–Crippen LogP) is 4.31. The molecule has 2 rings (SSSR count).